The summed E-state index contributed by atoms with van der Waals surface area (Å²) in [6.45, 7) is 20.9. The Hall–Kier alpha value is -3.15. The maximum atomic E-state index is 14.7. The molecular formula is C31H43N4O2+. The summed E-state index contributed by atoms with van der Waals surface area (Å²) in [5, 5.41) is 0.977. The highest BCUT2D eigenvalue weighted by molar-refractivity contribution is 6.07. The number of carbonyl (C=O) groups excluding carboxylic acids is 2. The van der Waals surface area contributed by atoms with E-state index in [1.54, 1.807) is 0 Å². The minimum absolute atomic E-state index is 0.0134. The van der Waals surface area contributed by atoms with Crippen molar-refractivity contribution in [3.8, 4) is 0 Å². The van der Waals surface area contributed by atoms with E-state index in [2.05, 4.69) is 79.9 Å². The molecule has 1 saturated heterocycles. The minimum atomic E-state index is -0.684. The topological polar surface area (TPSA) is 49.4 Å². The van der Waals surface area contributed by atoms with Gasteiger partial charge in [0.25, 0.3) is 17.5 Å². The fourth-order valence-corrected chi connectivity index (χ4v) is 6.56. The third kappa shape index (κ3) is 3.48. The standard InChI is InChI=1S/C31H43N4O2/c1-20-18-21(2)33(12)25-24(20)23(19-32(25)11)27(37)35-30(7,8)28(3,4)34(29(5,6)31(35,9)10)26(36)22-16-14-13-15-17-22/h13-19H,1-12H3/q+1. The van der Waals surface area contributed by atoms with Crippen LogP contribution in [-0.2, 0) is 14.1 Å². The van der Waals surface area contributed by atoms with Crippen LogP contribution in [0, 0.1) is 13.8 Å². The van der Waals surface area contributed by atoms with Gasteiger partial charge < -0.3 is 9.80 Å². The molecule has 0 aliphatic carbocycles. The van der Waals surface area contributed by atoms with Gasteiger partial charge in [-0.1, -0.05) is 18.2 Å². The van der Waals surface area contributed by atoms with Crippen LogP contribution in [0.25, 0.3) is 11.0 Å². The van der Waals surface area contributed by atoms with E-state index in [1.165, 1.54) is 0 Å². The fourth-order valence-electron chi connectivity index (χ4n) is 6.56. The predicted molar refractivity (Wildman–Crippen MR) is 149 cm³/mol. The number of amides is 2. The summed E-state index contributed by atoms with van der Waals surface area (Å²) in [5.41, 5.74) is 1.89. The Morgan fingerprint density at radius 1 is 0.757 bits per heavy atom. The number of piperazine rings is 1. The SMILES string of the molecule is Cc1cc(C)[n+](C)c2c1c(C(=O)N1C(C)(C)C(C)(C)N(C(=O)c3ccccc3)C(C)(C)C1(C)C)cn2C. The van der Waals surface area contributed by atoms with Crippen molar-refractivity contribution in [1.82, 2.24) is 14.4 Å². The highest BCUT2D eigenvalue weighted by Crippen LogP contribution is 2.52. The highest BCUT2D eigenvalue weighted by Gasteiger charge is 2.66. The first kappa shape index (κ1) is 26.9. The molecule has 4 rings (SSSR count). The van der Waals surface area contributed by atoms with Crippen LogP contribution in [-0.4, -0.2) is 48.3 Å². The molecule has 0 unspecified atom stereocenters. The molecule has 1 fully saturated rings. The summed E-state index contributed by atoms with van der Waals surface area (Å²) in [4.78, 5) is 32.8. The number of pyridine rings is 1. The molecule has 2 aromatic heterocycles. The van der Waals surface area contributed by atoms with Crippen molar-refractivity contribution in [2.75, 3.05) is 0 Å². The van der Waals surface area contributed by atoms with Gasteiger partial charge in [-0.3, -0.25) is 9.59 Å². The Labute approximate surface area is 221 Å². The van der Waals surface area contributed by atoms with E-state index in [9.17, 15) is 9.59 Å². The highest BCUT2D eigenvalue weighted by atomic mass is 16.2. The lowest BCUT2D eigenvalue weighted by Crippen LogP contribution is -2.85. The average Bonchev–Trinajstić information content (AvgIpc) is 3.14. The molecule has 1 aromatic carbocycles. The number of hydrogen-bond donors (Lipinski definition) is 0. The predicted octanol–water partition coefficient (Wildman–Crippen LogP) is 5.33. The van der Waals surface area contributed by atoms with Gasteiger partial charge in [-0.25, -0.2) is 9.13 Å². The molecule has 0 saturated carbocycles. The summed E-state index contributed by atoms with van der Waals surface area (Å²) in [6.07, 6.45) is 1.97. The number of hydrogen-bond acceptors (Lipinski definition) is 2. The van der Waals surface area contributed by atoms with Gasteiger partial charge in [0.1, 0.15) is 11.9 Å². The molecule has 198 valence electrons. The molecule has 1 aliphatic rings. The van der Waals surface area contributed by atoms with Crippen molar-refractivity contribution in [2.24, 2.45) is 14.1 Å². The summed E-state index contributed by atoms with van der Waals surface area (Å²) in [5.74, 6) is -0.0344. The van der Waals surface area contributed by atoms with Crippen LogP contribution in [0.4, 0.5) is 0 Å². The number of carbonyl (C=O) groups is 2. The minimum Gasteiger partial charge on any atom is -0.324 e. The quantitative estimate of drug-likeness (QED) is 0.444. The Bertz CT molecular complexity index is 1380. The van der Waals surface area contributed by atoms with E-state index in [1.807, 2.05) is 65.0 Å². The Balaban J connectivity index is 1.94. The first-order valence-electron chi connectivity index (χ1n) is 13.1. The molecule has 1 aliphatic heterocycles. The number of rotatable bonds is 2. The maximum absolute atomic E-state index is 14.7. The largest absolute Gasteiger partial charge is 0.324 e. The second kappa shape index (κ2) is 8.17. The van der Waals surface area contributed by atoms with Gasteiger partial charge in [-0.15, -0.1) is 0 Å². The summed E-state index contributed by atoms with van der Waals surface area (Å²) < 4.78 is 4.19. The van der Waals surface area contributed by atoms with Gasteiger partial charge in [0.15, 0.2) is 0 Å². The third-order valence-corrected chi connectivity index (χ3v) is 9.70. The van der Waals surface area contributed by atoms with Gasteiger partial charge in [-0.05, 0) is 93.0 Å². The van der Waals surface area contributed by atoms with Crippen LogP contribution in [0.3, 0.4) is 0 Å². The Kier molecular flexibility index (Phi) is 5.94. The van der Waals surface area contributed by atoms with Gasteiger partial charge in [-0.2, -0.15) is 0 Å². The lowest BCUT2D eigenvalue weighted by molar-refractivity contribution is -0.654. The maximum Gasteiger partial charge on any atom is 0.289 e. The lowest BCUT2D eigenvalue weighted by Gasteiger charge is -2.71. The van der Waals surface area contributed by atoms with Crippen LogP contribution < -0.4 is 4.57 Å². The Morgan fingerprint density at radius 2 is 1.22 bits per heavy atom. The van der Waals surface area contributed by atoms with E-state index in [0.717, 1.165) is 22.3 Å². The number of fused-ring (bicyclic) bond motifs is 1. The Morgan fingerprint density at radius 3 is 1.70 bits per heavy atom. The first-order chi connectivity index (χ1) is 16.9. The molecule has 0 spiro atoms. The van der Waals surface area contributed by atoms with Crippen LogP contribution in [0.2, 0.25) is 0 Å². The normalized spacial score (nSPS) is 19.8. The zero-order valence-corrected chi connectivity index (χ0v) is 24.6. The van der Waals surface area contributed by atoms with Crippen molar-refractivity contribution in [1.29, 1.82) is 0 Å². The lowest BCUT2D eigenvalue weighted by atomic mass is 9.64. The zero-order chi connectivity index (χ0) is 27.9. The summed E-state index contributed by atoms with van der Waals surface area (Å²) >= 11 is 0. The summed E-state index contributed by atoms with van der Waals surface area (Å²) in [7, 11) is 4.04. The second-order valence-electron chi connectivity index (χ2n) is 12.8. The summed E-state index contributed by atoms with van der Waals surface area (Å²) in [6, 6.07) is 11.6. The molecule has 0 N–H and O–H groups in total. The molecule has 0 radical (unpaired) electrons. The van der Waals surface area contributed by atoms with E-state index in [0.29, 0.717) is 11.1 Å². The van der Waals surface area contributed by atoms with Crippen molar-refractivity contribution in [2.45, 2.75) is 91.4 Å². The van der Waals surface area contributed by atoms with E-state index >= 15 is 0 Å². The molecule has 6 heteroatoms. The fraction of sp³-hybridized carbons (Fsp3) is 0.516. The van der Waals surface area contributed by atoms with Crippen molar-refractivity contribution < 1.29 is 14.2 Å². The van der Waals surface area contributed by atoms with Gasteiger partial charge >= 0.3 is 0 Å². The van der Waals surface area contributed by atoms with Gasteiger partial charge in [0.05, 0.1) is 47.2 Å². The average molecular weight is 504 g/mol. The number of benzene rings is 1. The molecule has 2 amide bonds. The molecule has 3 heterocycles. The van der Waals surface area contributed by atoms with Crippen molar-refractivity contribution in [3.63, 3.8) is 0 Å². The van der Waals surface area contributed by atoms with Crippen molar-refractivity contribution >= 4 is 22.8 Å². The third-order valence-electron chi connectivity index (χ3n) is 9.70. The monoisotopic (exact) mass is 503 g/mol. The van der Waals surface area contributed by atoms with E-state index < -0.39 is 22.2 Å². The molecule has 3 aromatic rings. The van der Waals surface area contributed by atoms with Crippen LogP contribution in [0.5, 0.6) is 0 Å². The van der Waals surface area contributed by atoms with Crippen LogP contribution >= 0.6 is 0 Å². The number of aromatic nitrogens is 2. The number of nitrogens with zero attached hydrogens (tertiary/aromatic N) is 4. The first-order valence-corrected chi connectivity index (χ1v) is 13.1. The van der Waals surface area contributed by atoms with Crippen LogP contribution in [0.1, 0.15) is 87.4 Å². The van der Waals surface area contributed by atoms with Gasteiger partial charge in [0.2, 0.25) is 0 Å². The van der Waals surface area contributed by atoms with Crippen LogP contribution in [0.15, 0.2) is 42.6 Å². The molecule has 37 heavy (non-hydrogen) atoms. The number of aryl methyl sites for hydroxylation is 4. The smallest absolute Gasteiger partial charge is 0.289 e. The second-order valence-corrected chi connectivity index (χ2v) is 12.8. The molecule has 0 atom stereocenters. The zero-order valence-electron chi connectivity index (χ0n) is 24.6. The van der Waals surface area contributed by atoms with E-state index in [-0.39, 0.29) is 11.8 Å². The molecule has 0 bridgehead atoms. The van der Waals surface area contributed by atoms with Crippen molar-refractivity contribution in [3.05, 3.63) is 65.0 Å². The van der Waals surface area contributed by atoms with E-state index in [4.69, 9.17) is 0 Å². The molecule has 6 nitrogen and oxygen atoms in total. The van der Waals surface area contributed by atoms with Gasteiger partial charge in [0, 0.05) is 5.56 Å². The molecular weight excluding hydrogens is 460 g/mol.